The van der Waals surface area contributed by atoms with Crippen LogP contribution in [0.1, 0.15) is 19.3 Å². The van der Waals surface area contributed by atoms with Gasteiger partial charge in [0, 0.05) is 24.5 Å². The molecule has 74 valence electrons. The highest BCUT2D eigenvalue weighted by molar-refractivity contribution is 5.76. The molecular formula is C8H10O5-2. The smallest absolute Gasteiger partial charge is 0.0659 e. The van der Waals surface area contributed by atoms with Crippen LogP contribution in [0.3, 0.4) is 0 Å². The van der Waals surface area contributed by atoms with Crippen molar-refractivity contribution in [1.82, 2.24) is 0 Å². The second-order valence-corrected chi connectivity index (χ2v) is 3.05. The maximum Gasteiger partial charge on any atom is 0.0659 e. The average Bonchev–Trinajstić information content (AvgIpc) is 2.50. The van der Waals surface area contributed by atoms with E-state index in [1.807, 2.05) is 0 Å². The Morgan fingerprint density at radius 1 is 1.46 bits per heavy atom. The summed E-state index contributed by atoms with van der Waals surface area (Å²) in [5, 5.41) is 20.8. The molecule has 5 nitrogen and oxygen atoms in total. The molecule has 0 aromatic heterocycles. The van der Waals surface area contributed by atoms with Gasteiger partial charge in [-0.1, -0.05) is 0 Å². The topological polar surface area (TPSA) is 89.5 Å². The molecule has 0 aromatic rings. The third-order valence-electron chi connectivity index (χ3n) is 2.10. The third kappa shape index (κ3) is 2.69. The van der Waals surface area contributed by atoms with Crippen LogP contribution in [0.25, 0.3) is 0 Å². The summed E-state index contributed by atoms with van der Waals surface area (Å²) >= 11 is 0. The van der Waals surface area contributed by atoms with Crippen molar-refractivity contribution in [3.05, 3.63) is 0 Å². The molecule has 1 heterocycles. The molecular weight excluding hydrogens is 176 g/mol. The van der Waals surface area contributed by atoms with Crippen molar-refractivity contribution in [3.8, 4) is 0 Å². The van der Waals surface area contributed by atoms with Crippen LogP contribution >= 0.6 is 0 Å². The molecule has 0 bridgehead atoms. The lowest BCUT2D eigenvalue weighted by Crippen LogP contribution is -2.42. The van der Waals surface area contributed by atoms with Gasteiger partial charge in [0.2, 0.25) is 0 Å². The molecule has 0 unspecified atom stereocenters. The number of carboxylic acid groups (broad SMARTS) is 2. The summed E-state index contributed by atoms with van der Waals surface area (Å²) in [5.41, 5.74) is 0. The predicted octanol–water partition coefficient (Wildman–Crippen LogP) is -2.33. The third-order valence-corrected chi connectivity index (χ3v) is 2.10. The van der Waals surface area contributed by atoms with Gasteiger partial charge >= 0.3 is 0 Å². The van der Waals surface area contributed by atoms with Crippen molar-refractivity contribution in [3.63, 3.8) is 0 Å². The van der Waals surface area contributed by atoms with Gasteiger partial charge in [0.25, 0.3) is 0 Å². The first kappa shape index (κ1) is 9.98. The zero-order valence-corrected chi connectivity index (χ0v) is 7.02. The number of carboxylic acids is 2. The summed E-state index contributed by atoms with van der Waals surface area (Å²) in [6.07, 6.45) is 0.281. The quantitative estimate of drug-likeness (QED) is 0.491. The van der Waals surface area contributed by atoms with E-state index in [-0.39, 0.29) is 0 Å². The van der Waals surface area contributed by atoms with E-state index < -0.39 is 30.4 Å². The first-order valence-electron chi connectivity index (χ1n) is 4.13. The minimum absolute atomic E-state index is 0.488. The summed E-state index contributed by atoms with van der Waals surface area (Å²) in [5.74, 6) is -3.84. The van der Waals surface area contributed by atoms with Gasteiger partial charge in [0.1, 0.15) is 0 Å². The van der Waals surface area contributed by atoms with Crippen LogP contribution in [0.2, 0.25) is 0 Å². The van der Waals surface area contributed by atoms with Crippen LogP contribution in [-0.4, -0.2) is 24.6 Å². The predicted molar refractivity (Wildman–Crippen MR) is 37.1 cm³/mol. The molecule has 5 heteroatoms. The summed E-state index contributed by atoms with van der Waals surface area (Å²) in [6, 6.07) is 0. The van der Waals surface area contributed by atoms with Gasteiger partial charge in [0.05, 0.1) is 6.10 Å². The Morgan fingerprint density at radius 2 is 2.15 bits per heavy atom. The van der Waals surface area contributed by atoms with Crippen molar-refractivity contribution in [1.29, 1.82) is 0 Å². The van der Waals surface area contributed by atoms with Gasteiger partial charge < -0.3 is 24.5 Å². The highest BCUT2D eigenvalue weighted by Gasteiger charge is 2.26. The Kier molecular flexibility index (Phi) is 3.25. The molecule has 0 amide bonds. The highest BCUT2D eigenvalue weighted by atomic mass is 16.5. The first-order valence-corrected chi connectivity index (χ1v) is 4.13. The van der Waals surface area contributed by atoms with Crippen LogP contribution in [0.15, 0.2) is 0 Å². The van der Waals surface area contributed by atoms with Crippen LogP contribution in [0.4, 0.5) is 0 Å². The van der Waals surface area contributed by atoms with E-state index in [9.17, 15) is 19.8 Å². The lowest BCUT2D eigenvalue weighted by molar-refractivity contribution is -0.323. The van der Waals surface area contributed by atoms with Gasteiger partial charge in [0.15, 0.2) is 0 Å². The second kappa shape index (κ2) is 4.23. The fourth-order valence-corrected chi connectivity index (χ4v) is 1.47. The number of ether oxygens (including phenoxy) is 1. The van der Waals surface area contributed by atoms with E-state index in [1.165, 1.54) is 0 Å². The zero-order valence-electron chi connectivity index (χ0n) is 7.02. The maximum absolute atomic E-state index is 10.5. The van der Waals surface area contributed by atoms with Crippen LogP contribution in [0.5, 0.6) is 0 Å². The summed E-state index contributed by atoms with van der Waals surface area (Å²) < 4.78 is 5.07. The number of aliphatic carboxylic acids is 2. The molecule has 2 atom stereocenters. The van der Waals surface area contributed by atoms with E-state index in [0.717, 1.165) is 6.42 Å². The van der Waals surface area contributed by atoms with E-state index in [2.05, 4.69) is 0 Å². The minimum Gasteiger partial charge on any atom is -0.550 e. The van der Waals surface area contributed by atoms with Gasteiger partial charge in [-0.15, -0.1) is 0 Å². The Morgan fingerprint density at radius 3 is 2.54 bits per heavy atom. The Balaban J connectivity index is 2.55. The molecule has 0 radical (unpaired) electrons. The van der Waals surface area contributed by atoms with Crippen LogP contribution < -0.4 is 10.2 Å². The Labute approximate surface area is 75.3 Å². The number of hydrogen-bond donors (Lipinski definition) is 0. The van der Waals surface area contributed by atoms with Crippen molar-refractivity contribution < 1.29 is 24.5 Å². The molecule has 0 saturated carbocycles. The molecule has 1 aliphatic heterocycles. The monoisotopic (exact) mass is 186 g/mol. The molecule has 0 aliphatic carbocycles. The Hall–Kier alpha value is -1.10. The minimum atomic E-state index is -1.38. The molecule has 1 rings (SSSR count). The van der Waals surface area contributed by atoms with Gasteiger partial charge in [-0.2, -0.15) is 0 Å². The highest BCUT2D eigenvalue weighted by Crippen LogP contribution is 2.22. The SMILES string of the molecule is O=C([O-])C[C@H](C(=O)[O-])[C@@H]1CCCO1. The lowest BCUT2D eigenvalue weighted by atomic mass is 9.97. The number of carbonyl (C=O) groups is 2. The van der Waals surface area contributed by atoms with Crippen molar-refractivity contribution in [2.45, 2.75) is 25.4 Å². The van der Waals surface area contributed by atoms with Gasteiger partial charge in [-0.25, -0.2) is 0 Å². The molecule has 0 aromatic carbocycles. The van der Waals surface area contributed by atoms with Crippen molar-refractivity contribution in [2.75, 3.05) is 6.61 Å². The number of hydrogen-bond acceptors (Lipinski definition) is 5. The molecule has 1 saturated heterocycles. The largest absolute Gasteiger partial charge is 0.550 e. The fraction of sp³-hybridized carbons (Fsp3) is 0.750. The summed E-state index contributed by atoms with van der Waals surface area (Å²) in [4.78, 5) is 20.8. The van der Waals surface area contributed by atoms with E-state index in [0.29, 0.717) is 13.0 Å². The molecule has 0 spiro atoms. The number of carbonyl (C=O) groups excluding carboxylic acids is 2. The van der Waals surface area contributed by atoms with E-state index in [4.69, 9.17) is 4.74 Å². The standard InChI is InChI=1S/C8H12O5/c9-7(10)4-5(8(11)12)6-2-1-3-13-6/h5-6H,1-4H2,(H,9,10)(H,11,12)/p-2/t5-,6-/m0/s1. The summed E-state index contributed by atoms with van der Waals surface area (Å²) in [6.45, 7) is 0.488. The second-order valence-electron chi connectivity index (χ2n) is 3.05. The van der Waals surface area contributed by atoms with Crippen molar-refractivity contribution >= 4 is 11.9 Å². The van der Waals surface area contributed by atoms with Crippen molar-refractivity contribution in [2.24, 2.45) is 5.92 Å². The lowest BCUT2D eigenvalue weighted by Gasteiger charge is -2.23. The fourth-order valence-electron chi connectivity index (χ4n) is 1.47. The van der Waals surface area contributed by atoms with Gasteiger partial charge in [-0.05, 0) is 19.3 Å². The molecule has 0 N–H and O–H groups in total. The normalized spacial score (nSPS) is 24.2. The zero-order chi connectivity index (χ0) is 9.84. The average molecular weight is 186 g/mol. The van der Waals surface area contributed by atoms with Crippen LogP contribution in [0, 0.1) is 5.92 Å². The van der Waals surface area contributed by atoms with E-state index in [1.54, 1.807) is 0 Å². The van der Waals surface area contributed by atoms with Gasteiger partial charge in [-0.3, -0.25) is 0 Å². The molecule has 1 fully saturated rings. The van der Waals surface area contributed by atoms with E-state index >= 15 is 0 Å². The Bertz CT molecular complexity index is 207. The maximum atomic E-state index is 10.5. The number of rotatable bonds is 4. The molecule has 1 aliphatic rings. The summed E-state index contributed by atoms with van der Waals surface area (Å²) in [7, 11) is 0. The molecule has 13 heavy (non-hydrogen) atoms. The van der Waals surface area contributed by atoms with Crippen LogP contribution in [-0.2, 0) is 14.3 Å². The first-order chi connectivity index (χ1) is 6.11.